The normalized spacial score (nSPS) is 13.8. The third kappa shape index (κ3) is 4.25. The minimum Gasteiger partial charge on any atom is -0.480 e. The summed E-state index contributed by atoms with van der Waals surface area (Å²) < 4.78 is 0. The van der Waals surface area contributed by atoms with Crippen LogP contribution in [0.15, 0.2) is 18.3 Å². The van der Waals surface area contributed by atoms with E-state index in [1.165, 1.54) is 12.3 Å². The average molecular weight is 386 g/mol. The molecule has 92 valence electrons. The molecule has 0 aliphatic carbocycles. The lowest BCUT2D eigenvalue weighted by Gasteiger charge is -2.12. The van der Waals surface area contributed by atoms with Crippen molar-refractivity contribution in [2.24, 2.45) is 0 Å². The molecule has 0 aliphatic heterocycles. The van der Waals surface area contributed by atoms with Crippen LogP contribution >= 0.6 is 43.5 Å². The zero-order valence-corrected chi connectivity index (χ0v) is 12.2. The average Bonchev–Trinajstić information content (AvgIpc) is 2.30. The molecule has 1 amide bonds. The number of carbonyl (C=O) groups excluding carboxylic acids is 1. The van der Waals surface area contributed by atoms with Gasteiger partial charge < -0.3 is 10.4 Å². The summed E-state index contributed by atoms with van der Waals surface area (Å²) in [6, 6.07) is 3.08. The molecule has 0 saturated heterocycles. The van der Waals surface area contributed by atoms with Crippen molar-refractivity contribution >= 4 is 61.0 Å². The summed E-state index contributed by atoms with van der Waals surface area (Å²) in [6.07, 6.45) is 1.38. The van der Waals surface area contributed by atoms with E-state index >= 15 is 0 Å². The number of nitrogens with one attached hydrogen (secondary N) is 1. The molecule has 5 nitrogen and oxygen atoms in total. The number of carbonyl (C=O) groups is 2. The van der Waals surface area contributed by atoms with Crippen LogP contribution in [0, 0.1) is 0 Å². The molecule has 0 saturated carbocycles. The number of pyridine rings is 1. The second-order valence-corrected chi connectivity index (χ2v) is 5.36. The van der Waals surface area contributed by atoms with Gasteiger partial charge in [-0.15, -0.1) is 0 Å². The van der Waals surface area contributed by atoms with Crippen molar-refractivity contribution in [3.63, 3.8) is 0 Å². The maximum Gasteiger partial charge on any atom is 0.318 e. The molecule has 0 spiro atoms. The Balaban J connectivity index is 2.66. The van der Waals surface area contributed by atoms with Gasteiger partial charge in [-0.2, -0.15) is 0 Å². The minimum atomic E-state index is -1.13. The number of carboxylic acid groups (broad SMARTS) is 1. The summed E-state index contributed by atoms with van der Waals surface area (Å²) in [7, 11) is 0. The van der Waals surface area contributed by atoms with E-state index in [2.05, 4.69) is 42.2 Å². The maximum atomic E-state index is 11.6. The predicted octanol–water partition coefficient (Wildman–Crippen LogP) is 2.29. The first-order chi connectivity index (χ1) is 7.91. The number of nitrogens with zero attached hydrogens (tertiary/aromatic N) is 1. The number of alkyl halides is 2. The number of rotatable bonds is 4. The molecule has 2 unspecified atom stereocenters. The Morgan fingerprint density at radius 3 is 2.47 bits per heavy atom. The SMILES string of the molecule is O=C(O)C(Br)C(Br)C(=O)Nc1ccc(Cl)nc1. The van der Waals surface area contributed by atoms with Gasteiger partial charge in [-0.25, -0.2) is 4.98 Å². The topological polar surface area (TPSA) is 79.3 Å². The largest absolute Gasteiger partial charge is 0.480 e. The van der Waals surface area contributed by atoms with E-state index in [0.29, 0.717) is 10.8 Å². The standard InChI is InChI=1S/C9H7Br2ClN2O3/c10-6(7(11)9(16)17)8(15)14-4-1-2-5(12)13-3-4/h1-3,6-7H,(H,14,15)(H,16,17). The van der Waals surface area contributed by atoms with Gasteiger partial charge in [0.1, 0.15) is 14.8 Å². The van der Waals surface area contributed by atoms with E-state index in [1.807, 2.05) is 0 Å². The predicted molar refractivity (Wildman–Crippen MR) is 70.9 cm³/mol. The lowest BCUT2D eigenvalue weighted by Crippen LogP contribution is -2.34. The molecule has 2 N–H and O–H groups in total. The van der Waals surface area contributed by atoms with Crippen molar-refractivity contribution in [3.8, 4) is 0 Å². The summed E-state index contributed by atoms with van der Waals surface area (Å²) in [5.74, 6) is -1.62. The van der Waals surface area contributed by atoms with Crippen LogP contribution in [0.3, 0.4) is 0 Å². The van der Waals surface area contributed by atoms with E-state index in [-0.39, 0.29) is 0 Å². The van der Waals surface area contributed by atoms with Crippen LogP contribution in [-0.4, -0.2) is 31.6 Å². The number of hydrogen-bond donors (Lipinski definition) is 2. The first-order valence-corrected chi connectivity index (χ1v) is 6.56. The monoisotopic (exact) mass is 384 g/mol. The summed E-state index contributed by atoms with van der Waals surface area (Å²) >= 11 is 11.5. The van der Waals surface area contributed by atoms with Gasteiger partial charge in [-0.3, -0.25) is 9.59 Å². The van der Waals surface area contributed by atoms with Gasteiger partial charge in [0.05, 0.1) is 11.9 Å². The molecule has 1 rings (SSSR count). The highest BCUT2D eigenvalue weighted by molar-refractivity contribution is 9.12. The molecule has 17 heavy (non-hydrogen) atoms. The fourth-order valence-corrected chi connectivity index (χ4v) is 1.61. The number of carboxylic acids is 1. The minimum absolute atomic E-state index is 0.308. The summed E-state index contributed by atoms with van der Waals surface area (Å²) in [5.41, 5.74) is 0.439. The molecule has 8 heteroatoms. The number of aromatic nitrogens is 1. The molecule has 0 aromatic carbocycles. The Kier molecular flexibility index (Phi) is 5.35. The van der Waals surface area contributed by atoms with Crippen LogP contribution in [0.5, 0.6) is 0 Å². The van der Waals surface area contributed by atoms with Crippen LogP contribution in [0.2, 0.25) is 5.15 Å². The van der Waals surface area contributed by atoms with Gasteiger partial charge in [0, 0.05) is 0 Å². The number of aliphatic carboxylic acids is 1. The van der Waals surface area contributed by atoms with Crippen molar-refractivity contribution in [1.29, 1.82) is 0 Å². The molecule has 0 fully saturated rings. The van der Waals surface area contributed by atoms with Gasteiger partial charge in [-0.05, 0) is 12.1 Å². The maximum absolute atomic E-state index is 11.6. The van der Waals surface area contributed by atoms with E-state index in [4.69, 9.17) is 16.7 Å². The van der Waals surface area contributed by atoms with E-state index in [0.717, 1.165) is 0 Å². The Morgan fingerprint density at radius 1 is 1.35 bits per heavy atom. The van der Waals surface area contributed by atoms with Crippen molar-refractivity contribution < 1.29 is 14.7 Å². The quantitative estimate of drug-likeness (QED) is 0.615. The molecule has 0 radical (unpaired) electrons. The smallest absolute Gasteiger partial charge is 0.318 e. The van der Waals surface area contributed by atoms with Crippen LogP contribution in [0.25, 0.3) is 0 Å². The molecular weight excluding hydrogens is 379 g/mol. The van der Waals surface area contributed by atoms with Gasteiger partial charge in [0.2, 0.25) is 5.91 Å². The third-order valence-corrected chi connectivity index (χ3v) is 4.54. The van der Waals surface area contributed by atoms with E-state index in [9.17, 15) is 9.59 Å². The van der Waals surface area contributed by atoms with Crippen molar-refractivity contribution in [2.75, 3.05) is 5.32 Å². The second-order valence-electron chi connectivity index (χ2n) is 3.00. The Hall–Kier alpha value is -0.660. The third-order valence-electron chi connectivity index (χ3n) is 1.74. The Labute approximate surface area is 119 Å². The Bertz CT molecular complexity index is 427. The van der Waals surface area contributed by atoms with Crippen molar-refractivity contribution in [2.45, 2.75) is 9.65 Å². The lowest BCUT2D eigenvalue weighted by atomic mass is 10.3. The molecular formula is C9H7Br2ClN2O3. The molecule has 0 bridgehead atoms. The molecule has 0 aliphatic rings. The number of hydrogen-bond acceptors (Lipinski definition) is 3. The summed E-state index contributed by atoms with van der Waals surface area (Å²) in [6.45, 7) is 0. The number of amides is 1. The Morgan fingerprint density at radius 2 is 2.00 bits per heavy atom. The lowest BCUT2D eigenvalue weighted by molar-refractivity contribution is -0.137. The molecule has 2 atom stereocenters. The summed E-state index contributed by atoms with van der Waals surface area (Å²) in [5, 5.41) is 11.5. The van der Waals surface area contributed by atoms with Gasteiger partial charge in [-0.1, -0.05) is 43.5 Å². The fourth-order valence-electron chi connectivity index (χ4n) is 0.919. The van der Waals surface area contributed by atoms with E-state index in [1.54, 1.807) is 6.07 Å². The zero-order valence-electron chi connectivity index (χ0n) is 8.23. The van der Waals surface area contributed by atoms with Crippen LogP contribution < -0.4 is 5.32 Å². The van der Waals surface area contributed by atoms with Gasteiger partial charge in [0.15, 0.2) is 0 Å². The molecule has 1 aromatic rings. The number of anilines is 1. The number of halogens is 3. The summed E-state index contributed by atoms with van der Waals surface area (Å²) in [4.78, 5) is 24.2. The second kappa shape index (κ2) is 6.32. The first kappa shape index (κ1) is 14.4. The highest BCUT2D eigenvalue weighted by atomic mass is 79.9. The van der Waals surface area contributed by atoms with Crippen molar-refractivity contribution in [1.82, 2.24) is 4.98 Å². The first-order valence-electron chi connectivity index (χ1n) is 4.35. The van der Waals surface area contributed by atoms with Crippen LogP contribution in [0.1, 0.15) is 0 Å². The fraction of sp³-hybridized carbons (Fsp3) is 0.222. The van der Waals surface area contributed by atoms with E-state index < -0.39 is 21.5 Å². The van der Waals surface area contributed by atoms with Crippen LogP contribution in [-0.2, 0) is 9.59 Å². The van der Waals surface area contributed by atoms with Crippen LogP contribution in [0.4, 0.5) is 5.69 Å². The zero-order chi connectivity index (χ0) is 13.0. The van der Waals surface area contributed by atoms with Gasteiger partial charge >= 0.3 is 5.97 Å². The highest BCUT2D eigenvalue weighted by Crippen LogP contribution is 2.17. The molecule has 1 aromatic heterocycles. The van der Waals surface area contributed by atoms with Gasteiger partial charge in [0.25, 0.3) is 0 Å². The molecule has 1 heterocycles. The highest BCUT2D eigenvalue weighted by Gasteiger charge is 2.29. The van der Waals surface area contributed by atoms with Crippen molar-refractivity contribution in [3.05, 3.63) is 23.5 Å².